The maximum atomic E-state index is 5.15. The Morgan fingerprint density at radius 1 is 1.09 bits per heavy atom. The average molecular weight is 168 g/mol. The molecule has 1 atom stereocenters. The van der Waals surface area contributed by atoms with Crippen LogP contribution in [-0.4, -0.2) is 0 Å². The van der Waals surface area contributed by atoms with Crippen LogP contribution in [0.2, 0.25) is 0 Å². The molecule has 0 aliphatic rings. The Bertz CT molecular complexity index is 245. The van der Waals surface area contributed by atoms with Crippen molar-refractivity contribution in [2.75, 3.05) is 0 Å². The SMILES string of the molecule is Cc1cc(C)c(OP)c(C)c1. The smallest absolute Gasteiger partial charge is 0.128 e. The van der Waals surface area contributed by atoms with Crippen LogP contribution in [0.5, 0.6) is 5.75 Å². The summed E-state index contributed by atoms with van der Waals surface area (Å²) in [6.07, 6.45) is 0. The highest BCUT2D eigenvalue weighted by atomic mass is 31.0. The molecule has 0 fully saturated rings. The highest BCUT2D eigenvalue weighted by Gasteiger charge is 2.01. The number of aryl methyl sites for hydroxylation is 3. The van der Waals surface area contributed by atoms with Gasteiger partial charge in [-0.25, -0.2) is 0 Å². The van der Waals surface area contributed by atoms with Crippen LogP contribution in [0.3, 0.4) is 0 Å². The number of hydrogen-bond donors (Lipinski definition) is 0. The Morgan fingerprint density at radius 3 is 1.91 bits per heavy atom. The third-order valence-electron chi connectivity index (χ3n) is 1.72. The summed E-state index contributed by atoms with van der Waals surface area (Å²) in [7, 11) is 2.28. The molecule has 0 aliphatic carbocycles. The van der Waals surface area contributed by atoms with E-state index in [0.717, 1.165) is 5.75 Å². The minimum Gasteiger partial charge on any atom is -0.480 e. The molecule has 0 radical (unpaired) electrons. The van der Waals surface area contributed by atoms with Crippen LogP contribution in [0.15, 0.2) is 12.1 Å². The first-order valence-corrected chi connectivity index (χ1v) is 4.07. The topological polar surface area (TPSA) is 9.23 Å². The fourth-order valence-electron chi connectivity index (χ4n) is 1.35. The molecule has 0 N–H and O–H groups in total. The average Bonchev–Trinajstić information content (AvgIpc) is 1.85. The Morgan fingerprint density at radius 2 is 1.55 bits per heavy atom. The van der Waals surface area contributed by atoms with Gasteiger partial charge in [0.05, 0.1) is 9.47 Å². The largest absolute Gasteiger partial charge is 0.480 e. The lowest BCUT2D eigenvalue weighted by molar-refractivity contribution is 0.633. The van der Waals surface area contributed by atoms with Gasteiger partial charge in [-0.3, -0.25) is 0 Å². The molecule has 0 bridgehead atoms. The Kier molecular flexibility index (Phi) is 2.51. The predicted octanol–water partition coefficient (Wildman–Crippen LogP) is 2.78. The molecule has 0 saturated carbocycles. The zero-order chi connectivity index (χ0) is 8.43. The van der Waals surface area contributed by atoms with Gasteiger partial charge >= 0.3 is 0 Å². The summed E-state index contributed by atoms with van der Waals surface area (Å²) in [6.45, 7) is 6.20. The van der Waals surface area contributed by atoms with Crippen molar-refractivity contribution < 1.29 is 4.52 Å². The van der Waals surface area contributed by atoms with Crippen molar-refractivity contribution in [1.82, 2.24) is 0 Å². The van der Waals surface area contributed by atoms with E-state index in [0.29, 0.717) is 0 Å². The Balaban J connectivity index is 3.25. The maximum Gasteiger partial charge on any atom is 0.128 e. The molecule has 2 heteroatoms. The van der Waals surface area contributed by atoms with Gasteiger partial charge in [-0.15, -0.1) is 0 Å². The number of rotatable bonds is 1. The van der Waals surface area contributed by atoms with Crippen LogP contribution in [0.4, 0.5) is 0 Å². The summed E-state index contributed by atoms with van der Waals surface area (Å²) in [5.41, 5.74) is 3.67. The quantitative estimate of drug-likeness (QED) is 0.586. The van der Waals surface area contributed by atoms with E-state index in [1.54, 1.807) is 0 Å². The van der Waals surface area contributed by atoms with E-state index in [2.05, 4.69) is 42.4 Å². The van der Waals surface area contributed by atoms with Gasteiger partial charge in [-0.2, -0.15) is 0 Å². The van der Waals surface area contributed by atoms with E-state index in [1.807, 2.05) is 0 Å². The van der Waals surface area contributed by atoms with E-state index in [-0.39, 0.29) is 0 Å². The van der Waals surface area contributed by atoms with Gasteiger partial charge in [-0.1, -0.05) is 17.7 Å². The highest BCUT2D eigenvalue weighted by Crippen LogP contribution is 2.25. The van der Waals surface area contributed by atoms with Crippen molar-refractivity contribution in [2.24, 2.45) is 0 Å². The second-order valence-electron chi connectivity index (χ2n) is 2.85. The van der Waals surface area contributed by atoms with Gasteiger partial charge in [0, 0.05) is 0 Å². The van der Waals surface area contributed by atoms with Gasteiger partial charge in [0.15, 0.2) is 0 Å². The minimum atomic E-state index is 0.973. The van der Waals surface area contributed by atoms with Crippen molar-refractivity contribution in [3.63, 3.8) is 0 Å². The fraction of sp³-hybridized carbons (Fsp3) is 0.333. The summed E-state index contributed by atoms with van der Waals surface area (Å²) < 4.78 is 5.15. The summed E-state index contributed by atoms with van der Waals surface area (Å²) in [4.78, 5) is 0. The van der Waals surface area contributed by atoms with Crippen molar-refractivity contribution in [1.29, 1.82) is 0 Å². The molecular formula is C9H13OP. The number of hydrogen-bond acceptors (Lipinski definition) is 1. The number of benzene rings is 1. The van der Waals surface area contributed by atoms with Crippen molar-refractivity contribution >= 4 is 9.47 Å². The zero-order valence-electron chi connectivity index (χ0n) is 7.14. The summed E-state index contributed by atoms with van der Waals surface area (Å²) in [6, 6.07) is 4.23. The third-order valence-corrected chi connectivity index (χ3v) is 1.96. The molecule has 11 heavy (non-hydrogen) atoms. The van der Waals surface area contributed by atoms with Gasteiger partial charge in [-0.05, 0) is 31.9 Å². The van der Waals surface area contributed by atoms with Gasteiger partial charge < -0.3 is 4.52 Å². The first-order valence-electron chi connectivity index (χ1n) is 3.59. The summed E-state index contributed by atoms with van der Waals surface area (Å²) in [5, 5.41) is 0. The van der Waals surface area contributed by atoms with Gasteiger partial charge in [0.25, 0.3) is 0 Å². The zero-order valence-corrected chi connectivity index (χ0v) is 8.29. The Labute approximate surface area is 70.1 Å². The molecule has 1 aromatic rings. The molecule has 1 nitrogen and oxygen atoms in total. The first kappa shape index (κ1) is 8.55. The molecule has 0 saturated heterocycles. The molecule has 0 amide bonds. The van der Waals surface area contributed by atoms with E-state index in [9.17, 15) is 0 Å². The second kappa shape index (κ2) is 3.23. The molecule has 0 aliphatic heterocycles. The van der Waals surface area contributed by atoms with Gasteiger partial charge in [0.1, 0.15) is 5.75 Å². The third kappa shape index (κ3) is 1.72. The molecular weight excluding hydrogens is 155 g/mol. The van der Waals surface area contributed by atoms with Crippen molar-refractivity contribution in [2.45, 2.75) is 20.8 Å². The molecule has 1 rings (SSSR count). The minimum absolute atomic E-state index is 0.973. The predicted molar refractivity (Wildman–Crippen MR) is 51.0 cm³/mol. The standard InChI is InChI=1S/C9H13OP/c1-6-4-7(2)9(10-11)8(3)5-6/h4-5H,11H2,1-3H3. The maximum absolute atomic E-state index is 5.15. The Hall–Kier alpha value is -0.550. The molecule has 0 heterocycles. The van der Waals surface area contributed by atoms with Crippen LogP contribution >= 0.6 is 9.47 Å². The van der Waals surface area contributed by atoms with E-state index in [4.69, 9.17) is 4.52 Å². The van der Waals surface area contributed by atoms with E-state index < -0.39 is 0 Å². The molecule has 0 aromatic heterocycles. The lowest BCUT2D eigenvalue weighted by atomic mass is 10.1. The lowest BCUT2D eigenvalue weighted by Gasteiger charge is -2.08. The monoisotopic (exact) mass is 168 g/mol. The fourth-order valence-corrected chi connectivity index (χ4v) is 1.72. The molecule has 0 spiro atoms. The molecule has 1 aromatic carbocycles. The van der Waals surface area contributed by atoms with Crippen molar-refractivity contribution in [3.05, 3.63) is 28.8 Å². The van der Waals surface area contributed by atoms with Crippen molar-refractivity contribution in [3.8, 4) is 5.75 Å². The highest BCUT2D eigenvalue weighted by molar-refractivity contribution is 7.10. The summed E-state index contributed by atoms with van der Waals surface area (Å²) >= 11 is 0. The second-order valence-corrected chi connectivity index (χ2v) is 3.08. The van der Waals surface area contributed by atoms with Crippen LogP contribution in [0.25, 0.3) is 0 Å². The normalized spacial score (nSPS) is 9.82. The van der Waals surface area contributed by atoms with E-state index >= 15 is 0 Å². The van der Waals surface area contributed by atoms with Crippen LogP contribution in [-0.2, 0) is 0 Å². The summed E-state index contributed by atoms with van der Waals surface area (Å²) in [5.74, 6) is 0.973. The van der Waals surface area contributed by atoms with Crippen LogP contribution in [0.1, 0.15) is 16.7 Å². The van der Waals surface area contributed by atoms with Crippen LogP contribution in [0, 0.1) is 20.8 Å². The van der Waals surface area contributed by atoms with Crippen LogP contribution < -0.4 is 4.52 Å². The molecule has 60 valence electrons. The molecule has 1 unspecified atom stereocenters. The van der Waals surface area contributed by atoms with E-state index in [1.165, 1.54) is 16.7 Å². The first-order chi connectivity index (χ1) is 5.15. The van der Waals surface area contributed by atoms with Gasteiger partial charge in [0.2, 0.25) is 0 Å². The lowest BCUT2D eigenvalue weighted by Crippen LogP contribution is -1.86.